The number of nitrogens with one attached hydrogen (secondary N) is 2. The number of hydrogen-bond acceptors (Lipinski definition) is 4. The van der Waals surface area contributed by atoms with Crippen LogP contribution in [-0.4, -0.2) is 22.2 Å². The van der Waals surface area contributed by atoms with E-state index in [0.717, 1.165) is 25.3 Å². The van der Waals surface area contributed by atoms with E-state index in [1.54, 1.807) is 6.20 Å². The molecule has 1 saturated heterocycles. The largest absolute Gasteiger partial charge is 0.375 e. The van der Waals surface area contributed by atoms with E-state index in [1.165, 1.54) is 25.7 Å². The lowest BCUT2D eigenvalue weighted by Gasteiger charge is -2.40. The van der Waals surface area contributed by atoms with Gasteiger partial charge in [-0.15, -0.1) is 0 Å². The molecule has 1 aromatic heterocycles. The Labute approximate surface area is 107 Å². The Morgan fingerprint density at radius 1 is 1.50 bits per heavy atom. The smallest absolute Gasteiger partial charge is 0.124 e. The second-order valence-corrected chi connectivity index (χ2v) is 5.61. The predicted molar refractivity (Wildman–Crippen MR) is 68.5 cm³/mol. The van der Waals surface area contributed by atoms with Crippen molar-refractivity contribution in [2.75, 3.05) is 6.61 Å². The fraction of sp³-hybridized carbons (Fsp3) is 0.769. The Hall–Kier alpha value is -0.910. The highest BCUT2D eigenvalue weighted by atomic mass is 16.5. The molecule has 1 aliphatic heterocycles. The first-order valence-corrected chi connectivity index (χ1v) is 6.92. The summed E-state index contributed by atoms with van der Waals surface area (Å²) in [6.45, 7) is 0.851. The van der Waals surface area contributed by atoms with Crippen molar-refractivity contribution in [1.29, 1.82) is 0 Å². The Kier molecular flexibility index (Phi) is 3.37. The number of aromatic amines is 1. The molecule has 0 aromatic carbocycles. The molecule has 2 aliphatic rings. The van der Waals surface area contributed by atoms with Crippen molar-refractivity contribution >= 4 is 0 Å². The zero-order valence-corrected chi connectivity index (χ0v) is 10.7. The minimum absolute atomic E-state index is 0.112. The van der Waals surface area contributed by atoms with Crippen LogP contribution in [0.5, 0.6) is 0 Å². The van der Waals surface area contributed by atoms with E-state index >= 15 is 0 Å². The lowest BCUT2D eigenvalue weighted by molar-refractivity contribution is -0.0986. The standard InChI is InChI=1S/C13H22N4O/c14-17-11(12-15-6-7-16-12)10-3-8-18-13(9-10)4-1-2-5-13/h6-7,10-11,17H,1-5,8-9,14H2,(H,15,16). The van der Waals surface area contributed by atoms with Gasteiger partial charge in [0.1, 0.15) is 5.82 Å². The van der Waals surface area contributed by atoms with Gasteiger partial charge in [0.15, 0.2) is 0 Å². The summed E-state index contributed by atoms with van der Waals surface area (Å²) in [4.78, 5) is 7.51. The van der Waals surface area contributed by atoms with Crippen molar-refractivity contribution in [2.24, 2.45) is 11.8 Å². The third-order valence-corrected chi connectivity index (χ3v) is 4.51. The van der Waals surface area contributed by atoms with E-state index in [2.05, 4.69) is 15.4 Å². The second kappa shape index (κ2) is 4.99. The van der Waals surface area contributed by atoms with Gasteiger partial charge in [-0.05, 0) is 31.6 Å². The molecule has 2 fully saturated rings. The molecule has 0 radical (unpaired) electrons. The van der Waals surface area contributed by atoms with Gasteiger partial charge >= 0.3 is 0 Å². The molecule has 2 unspecified atom stereocenters. The number of hydrogen-bond donors (Lipinski definition) is 3. The van der Waals surface area contributed by atoms with Crippen LogP contribution in [0.3, 0.4) is 0 Å². The van der Waals surface area contributed by atoms with E-state index in [-0.39, 0.29) is 11.6 Å². The van der Waals surface area contributed by atoms with E-state index < -0.39 is 0 Å². The molecule has 4 N–H and O–H groups in total. The number of aromatic nitrogens is 2. The highest BCUT2D eigenvalue weighted by Gasteiger charge is 2.42. The molecule has 100 valence electrons. The molecule has 0 bridgehead atoms. The van der Waals surface area contributed by atoms with Gasteiger partial charge in [0.25, 0.3) is 0 Å². The van der Waals surface area contributed by atoms with Crippen molar-refractivity contribution in [1.82, 2.24) is 15.4 Å². The summed E-state index contributed by atoms with van der Waals surface area (Å²) in [6, 6.07) is 0.112. The first-order chi connectivity index (χ1) is 8.83. The van der Waals surface area contributed by atoms with Gasteiger partial charge in [-0.3, -0.25) is 5.84 Å². The molecule has 0 amide bonds. The van der Waals surface area contributed by atoms with Crippen LogP contribution in [0.4, 0.5) is 0 Å². The van der Waals surface area contributed by atoms with Gasteiger partial charge in [-0.25, -0.2) is 10.4 Å². The molecule has 2 atom stereocenters. The summed E-state index contributed by atoms with van der Waals surface area (Å²) in [5.74, 6) is 7.18. The average molecular weight is 250 g/mol. The average Bonchev–Trinajstić information content (AvgIpc) is 3.03. The Morgan fingerprint density at radius 2 is 2.33 bits per heavy atom. The van der Waals surface area contributed by atoms with Gasteiger partial charge in [-0.2, -0.15) is 0 Å². The zero-order chi connectivity index (χ0) is 12.4. The number of imidazole rings is 1. The lowest BCUT2D eigenvalue weighted by atomic mass is 9.80. The SMILES string of the molecule is NNC(c1ncc[nH]1)C1CCOC2(CCCC2)C1. The molecule has 18 heavy (non-hydrogen) atoms. The van der Waals surface area contributed by atoms with Crippen molar-refractivity contribution in [3.8, 4) is 0 Å². The summed E-state index contributed by atoms with van der Waals surface area (Å²) in [5.41, 5.74) is 3.06. The van der Waals surface area contributed by atoms with Crippen LogP contribution in [0.2, 0.25) is 0 Å². The van der Waals surface area contributed by atoms with Crippen molar-refractivity contribution in [3.63, 3.8) is 0 Å². The topological polar surface area (TPSA) is 76.0 Å². The Balaban J connectivity index is 1.74. The Bertz CT molecular complexity index is 372. The molecule has 1 spiro atoms. The molecule has 5 heteroatoms. The summed E-state index contributed by atoms with van der Waals surface area (Å²) >= 11 is 0. The van der Waals surface area contributed by atoms with Gasteiger partial charge in [-0.1, -0.05) is 12.8 Å². The summed E-state index contributed by atoms with van der Waals surface area (Å²) in [5, 5.41) is 0. The quantitative estimate of drug-likeness (QED) is 0.563. The van der Waals surface area contributed by atoms with E-state index in [4.69, 9.17) is 10.6 Å². The first kappa shape index (κ1) is 12.1. The molecule has 1 saturated carbocycles. The number of rotatable bonds is 3. The van der Waals surface area contributed by atoms with Crippen LogP contribution in [0.1, 0.15) is 50.4 Å². The number of hydrazine groups is 1. The van der Waals surface area contributed by atoms with E-state index in [1.807, 2.05) is 6.20 Å². The number of H-pyrrole nitrogens is 1. The lowest BCUT2D eigenvalue weighted by Crippen LogP contribution is -2.43. The van der Waals surface area contributed by atoms with Crippen LogP contribution < -0.4 is 11.3 Å². The highest BCUT2D eigenvalue weighted by molar-refractivity contribution is 5.02. The van der Waals surface area contributed by atoms with Gasteiger partial charge in [0.2, 0.25) is 0 Å². The third-order valence-electron chi connectivity index (χ3n) is 4.51. The number of nitrogens with two attached hydrogens (primary N) is 1. The summed E-state index contributed by atoms with van der Waals surface area (Å²) < 4.78 is 6.07. The molecular weight excluding hydrogens is 228 g/mol. The van der Waals surface area contributed by atoms with Gasteiger partial charge < -0.3 is 9.72 Å². The van der Waals surface area contributed by atoms with Crippen LogP contribution >= 0.6 is 0 Å². The van der Waals surface area contributed by atoms with Crippen molar-refractivity contribution in [2.45, 2.75) is 50.2 Å². The fourth-order valence-corrected chi connectivity index (χ4v) is 3.60. The maximum absolute atomic E-state index is 6.07. The fourth-order valence-electron chi connectivity index (χ4n) is 3.60. The molecule has 3 rings (SSSR count). The van der Waals surface area contributed by atoms with Gasteiger partial charge in [0, 0.05) is 19.0 Å². The zero-order valence-electron chi connectivity index (χ0n) is 10.7. The van der Waals surface area contributed by atoms with Crippen LogP contribution in [-0.2, 0) is 4.74 Å². The maximum atomic E-state index is 6.07. The molecular formula is C13H22N4O. The van der Waals surface area contributed by atoms with Crippen LogP contribution in [0, 0.1) is 5.92 Å². The minimum Gasteiger partial charge on any atom is -0.375 e. The monoisotopic (exact) mass is 250 g/mol. The molecule has 5 nitrogen and oxygen atoms in total. The van der Waals surface area contributed by atoms with Crippen molar-refractivity contribution in [3.05, 3.63) is 18.2 Å². The van der Waals surface area contributed by atoms with E-state index in [9.17, 15) is 0 Å². The first-order valence-electron chi connectivity index (χ1n) is 6.92. The molecule has 1 aliphatic carbocycles. The predicted octanol–water partition coefficient (Wildman–Crippen LogP) is 1.65. The summed E-state index contributed by atoms with van der Waals surface area (Å²) in [6.07, 6.45) is 10.8. The number of ether oxygens (including phenoxy) is 1. The Morgan fingerprint density at radius 3 is 3.00 bits per heavy atom. The second-order valence-electron chi connectivity index (χ2n) is 5.61. The van der Waals surface area contributed by atoms with Crippen LogP contribution in [0.15, 0.2) is 12.4 Å². The summed E-state index contributed by atoms with van der Waals surface area (Å²) in [7, 11) is 0. The third kappa shape index (κ3) is 2.18. The number of nitrogens with zero attached hydrogens (tertiary/aromatic N) is 1. The van der Waals surface area contributed by atoms with Crippen molar-refractivity contribution < 1.29 is 4.74 Å². The minimum atomic E-state index is 0.112. The molecule has 2 heterocycles. The molecule has 1 aromatic rings. The van der Waals surface area contributed by atoms with Crippen LogP contribution in [0.25, 0.3) is 0 Å². The maximum Gasteiger partial charge on any atom is 0.124 e. The van der Waals surface area contributed by atoms with E-state index in [0.29, 0.717) is 5.92 Å². The van der Waals surface area contributed by atoms with Gasteiger partial charge in [0.05, 0.1) is 11.6 Å². The highest BCUT2D eigenvalue weighted by Crippen LogP contribution is 2.44. The normalized spacial score (nSPS) is 28.6.